The van der Waals surface area contributed by atoms with Gasteiger partial charge >= 0.3 is 0 Å². The highest BCUT2D eigenvalue weighted by Crippen LogP contribution is 2.58. The SMILES string of the molecule is CB(c1ccccc1)c1ccccc1.CC1C2CC3CC(C2)CC1C3.CC1CCCC1.CC1CCCCC1.CCC1C2CC3CC(C2)CC1C3.CCC1CCCC1.CCC1CCCCC1.CP(=O)(c1ccccc1)c1ccccc1.Cc1cccc(C)c1. The van der Waals surface area contributed by atoms with Gasteiger partial charge in [0.05, 0.1) is 0 Å². The van der Waals surface area contributed by atoms with Crippen molar-refractivity contribution >= 4 is 35.4 Å². The molecule has 8 bridgehead atoms. The normalized spacial score (nSPS) is 27.3. The van der Waals surface area contributed by atoms with Crippen LogP contribution < -0.4 is 21.5 Å². The molecular formula is C85H130BOP. The molecular weight excluding hydrogens is 1080 g/mol. The summed E-state index contributed by atoms with van der Waals surface area (Å²) >= 11 is 0. The quantitative estimate of drug-likeness (QED) is 0.117. The van der Waals surface area contributed by atoms with Crippen LogP contribution >= 0.6 is 7.14 Å². The van der Waals surface area contributed by atoms with Crippen LogP contribution in [0.2, 0.25) is 6.82 Å². The van der Waals surface area contributed by atoms with Crippen molar-refractivity contribution in [1.82, 2.24) is 0 Å². The van der Waals surface area contributed by atoms with Gasteiger partial charge in [-0.1, -0.05) is 351 Å². The van der Waals surface area contributed by atoms with E-state index in [1.54, 1.807) is 64.2 Å². The summed E-state index contributed by atoms with van der Waals surface area (Å²) in [6.07, 6.45) is 47.2. The lowest BCUT2D eigenvalue weighted by Crippen LogP contribution is -2.44. The molecule has 0 aromatic heterocycles. The van der Waals surface area contributed by atoms with Crippen molar-refractivity contribution in [3.05, 3.63) is 157 Å². The van der Waals surface area contributed by atoms with Crippen LogP contribution in [0.5, 0.6) is 0 Å². The van der Waals surface area contributed by atoms with Crippen LogP contribution in [0, 0.1) is 96.7 Å². The largest absolute Gasteiger partial charge is 0.314 e. The van der Waals surface area contributed by atoms with Crippen LogP contribution in [0.1, 0.15) is 252 Å². The Morgan fingerprint density at radius 2 is 0.682 bits per heavy atom. The van der Waals surface area contributed by atoms with Gasteiger partial charge in [0.2, 0.25) is 6.71 Å². The van der Waals surface area contributed by atoms with E-state index >= 15 is 0 Å². The first-order valence-corrected chi connectivity index (χ1v) is 39.7. The first kappa shape index (κ1) is 71.8. The Hall–Kier alpha value is -3.61. The van der Waals surface area contributed by atoms with E-state index in [4.69, 9.17) is 0 Å². The van der Waals surface area contributed by atoms with E-state index in [2.05, 4.69) is 147 Å². The molecule has 12 fully saturated rings. The maximum atomic E-state index is 12.6. The van der Waals surface area contributed by atoms with Crippen LogP contribution in [-0.4, -0.2) is 13.4 Å². The van der Waals surface area contributed by atoms with Crippen molar-refractivity contribution in [2.45, 2.75) is 261 Å². The highest BCUT2D eigenvalue weighted by Gasteiger charge is 2.48. The van der Waals surface area contributed by atoms with Crippen molar-refractivity contribution in [1.29, 1.82) is 0 Å². The molecule has 17 rings (SSSR count). The number of hydrogen-bond donors (Lipinski definition) is 0. The molecule has 0 atom stereocenters. The third-order valence-corrected chi connectivity index (χ3v) is 26.3. The van der Waals surface area contributed by atoms with Crippen LogP contribution in [0.15, 0.2) is 146 Å². The van der Waals surface area contributed by atoms with E-state index in [0.717, 1.165) is 93.5 Å². The standard InChI is InChI=1S/C13H13B.C13H13OP.C12H20.C11H18.C8H10.C8H16.2C7H14.C6H12/c1-14(12-8-4-2-5-9-12)13-10-6-3-7-11-13;1-15(14,12-8-4-2-5-9-12)13-10-6-3-7-11-13;1-2-12-10-4-8-3-9(6-10)7-11(12)5-8;1-7-10-3-8-2-9(5-10)6-11(7)4-8;1-7-4-3-5-8(2)6-7;1-2-8-6-4-3-5-7-8;1-7-5-3-2-4-6-7;1-2-7-5-3-4-6-7;1-6-4-2-3-5-6/h2-11H,1H3;2-11H,1H3;8-12H,2-7H2,1H3;7-11H,2-6H2,1H3;3-6H,1-2H3;8H,2-7H2,1H3;2*7H,2-6H2,1H3;6H,2-5H2,1H3. The monoisotopic (exact) mass is 1210 g/mol. The van der Waals surface area contributed by atoms with Gasteiger partial charge in [-0.25, -0.2) is 0 Å². The number of benzene rings is 5. The minimum atomic E-state index is -2.40. The molecule has 1 nitrogen and oxygen atoms in total. The zero-order valence-corrected chi connectivity index (χ0v) is 59.2. The van der Waals surface area contributed by atoms with Gasteiger partial charge in [-0.2, -0.15) is 0 Å². The number of aryl methyl sites for hydroxylation is 2. The Kier molecular flexibility index (Phi) is 31.9. The van der Waals surface area contributed by atoms with E-state index in [0.29, 0.717) is 6.71 Å². The lowest BCUT2D eigenvalue weighted by molar-refractivity contribution is -0.0376. The van der Waals surface area contributed by atoms with Crippen molar-refractivity contribution in [3.8, 4) is 0 Å². The zero-order chi connectivity index (χ0) is 62.5. The lowest BCUT2D eigenvalue weighted by Gasteiger charge is -2.54. The van der Waals surface area contributed by atoms with Gasteiger partial charge in [-0.05, 0) is 168 Å². The summed E-state index contributed by atoms with van der Waals surface area (Å²) < 4.78 is 12.6. The highest BCUT2D eigenvalue weighted by molar-refractivity contribution is 7.78. The minimum Gasteiger partial charge on any atom is -0.314 e. The molecule has 12 aliphatic carbocycles. The van der Waals surface area contributed by atoms with Crippen LogP contribution in [0.3, 0.4) is 0 Å². The van der Waals surface area contributed by atoms with Crippen LogP contribution in [0.25, 0.3) is 0 Å². The Morgan fingerprint density at radius 1 is 0.375 bits per heavy atom. The van der Waals surface area contributed by atoms with Gasteiger partial charge in [-0.15, -0.1) is 0 Å². The summed E-state index contributed by atoms with van der Waals surface area (Å²) in [6.45, 7) is 23.0. The summed E-state index contributed by atoms with van der Waals surface area (Å²) in [6, 6.07) is 48.9. The fourth-order valence-electron chi connectivity index (χ4n) is 18.4. The predicted octanol–water partition coefficient (Wildman–Crippen LogP) is 23.8. The van der Waals surface area contributed by atoms with Crippen molar-refractivity contribution in [2.75, 3.05) is 6.66 Å². The predicted molar refractivity (Wildman–Crippen MR) is 391 cm³/mol. The van der Waals surface area contributed by atoms with Gasteiger partial charge in [0.15, 0.2) is 0 Å². The first-order valence-electron chi connectivity index (χ1n) is 37.5. The fraction of sp³-hybridized carbons (Fsp3) is 0.647. The van der Waals surface area contributed by atoms with Gasteiger partial charge in [0.25, 0.3) is 0 Å². The topological polar surface area (TPSA) is 17.1 Å². The number of hydrogen-bond acceptors (Lipinski definition) is 1. The maximum absolute atomic E-state index is 12.6. The average Bonchev–Trinajstić information content (AvgIpc) is 1.62. The van der Waals surface area contributed by atoms with E-state index in [1.807, 2.05) is 67.3 Å². The third-order valence-electron chi connectivity index (χ3n) is 23.8. The molecule has 5 aromatic carbocycles. The molecule has 0 spiro atoms. The first-order chi connectivity index (χ1) is 42.7. The van der Waals surface area contributed by atoms with E-state index < -0.39 is 7.14 Å². The van der Waals surface area contributed by atoms with Gasteiger partial charge in [0, 0.05) is 10.6 Å². The molecule has 0 amide bonds. The second kappa shape index (κ2) is 39.1. The maximum Gasteiger partial charge on any atom is 0.206 e. The molecule has 0 unspecified atom stereocenters. The minimum absolute atomic E-state index is 0.484. The molecule has 0 radical (unpaired) electrons. The zero-order valence-electron chi connectivity index (χ0n) is 58.3. The highest BCUT2D eigenvalue weighted by atomic mass is 31.2. The second-order valence-corrected chi connectivity index (χ2v) is 33.6. The Labute approximate surface area is 544 Å². The Bertz CT molecular complexity index is 2450. The molecule has 5 aromatic rings. The van der Waals surface area contributed by atoms with E-state index in [9.17, 15) is 4.57 Å². The summed E-state index contributed by atoms with van der Waals surface area (Å²) in [4.78, 5) is 0. The molecule has 88 heavy (non-hydrogen) atoms. The lowest BCUT2D eigenvalue weighted by atomic mass is 9.43. The van der Waals surface area contributed by atoms with Crippen molar-refractivity contribution < 1.29 is 4.57 Å². The van der Waals surface area contributed by atoms with E-state index in [1.165, 1.54) is 157 Å². The second-order valence-electron chi connectivity index (χ2n) is 30.7. The third kappa shape index (κ3) is 24.1. The molecule has 0 saturated heterocycles. The van der Waals surface area contributed by atoms with Crippen molar-refractivity contribution in [2.24, 2.45) is 82.9 Å². The van der Waals surface area contributed by atoms with Gasteiger partial charge in [0.1, 0.15) is 7.14 Å². The van der Waals surface area contributed by atoms with Crippen LogP contribution in [0.4, 0.5) is 0 Å². The molecule has 0 heterocycles. The number of rotatable bonds is 7. The Morgan fingerprint density at radius 3 is 0.955 bits per heavy atom. The molecule has 12 aliphatic rings. The summed E-state index contributed by atoms with van der Waals surface area (Å²) in [7, 11) is -2.40. The molecule has 0 N–H and O–H groups in total. The summed E-state index contributed by atoms with van der Waals surface area (Å²) in [5.41, 5.74) is 5.42. The molecule has 12 saturated carbocycles. The molecule has 484 valence electrons. The Balaban J connectivity index is 0.000000143. The average molecular weight is 1210 g/mol. The smallest absolute Gasteiger partial charge is 0.206 e. The molecule has 3 heteroatoms. The van der Waals surface area contributed by atoms with Crippen LogP contribution in [-0.2, 0) is 4.57 Å². The van der Waals surface area contributed by atoms with Crippen molar-refractivity contribution in [3.63, 3.8) is 0 Å². The summed E-state index contributed by atoms with van der Waals surface area (Å²) in [5.74, 6) is 15.7. The molecule has 0 aliphatic heterocycles. The van der Waals surface area contributed by atoms with E-state index in [-0.39, 0.29) is 0 Å². The van der Waals surface area contributed by atoms with Gasteiger partial charge < -0.3 is 4.57 Å². The summed E-state index contributed by atoms with van der Waals surface area (Å²) in [5, 5.41) is 1.83. The van der Waals surface area contributed by atoms with Gasteiger partial charge in [-0.3, -0.25) is 0 Å². The fourth-order valence-corrected chi connectivity index (χ4v) is 20.2.